The number of hydrazone groups is 1. The van der Waals surface area contributed by atoms with Crippen LogP contribution in [0.3, 0.4) is 0 Å². The number of aromatic nitrogens is 2. The summed E-state index contributed by atoms with van der Waals surface area (Å²) in [5.41, 5.74) is 3.61. The van der Waals surface area contributed by atoms with Crippen molar-refractivity contribution in [2.75, 3.05) is 26.7 Å². The zero-order valence-electron chi connectivity index (χ0n) is 23.8. The van der Waals surface area contributed by atoms with Crippen molar-refractivity contribution in [3.05, 3.63) is 89.8 Å². The summed E-state index contributed by atoms with van der Waals surface area (Å²) in [5, 5.41) is 15.1. The highest BCUT2D eigenvalue weighted by molar-refractivity contribution is 6.08. The molecule has 8 heteroatoms. The van der Waals surface area contributed by atoms with E-state index in [0.717, 1.165) is 42.6 Å². The lowest BCUT2D eigenvalue weighted by molar-refractivity contribution is -0.118. The molecule has 0 N–H and O–H groups in total. The van der Waals surface area contributed by atoms with Crippen LogP contribution in [0.25, 0.3) is 11.4 Å². The van der Waals surface area contributed by atoms with E-state index in [4.69, 9.17) is 4.74 Å². The SMILES string of the molecule is C/C=C\C(=N/N(C=O)Cc1cccc(-c2ncc(OCC3CCN(C)CC3)cn2)c1)c1cccc(C#N)c1.CC. The number of ether oxygens (including phenoxy) is 1. The second kappa shape index (κ2) is 15.9. The molecule has 0 bridgehead atoms. The second-order valence-electron chi connectivity index (χ2n) is 9.38. The Bertz CT molecular complexity index is 1320. The number of allylic oxidation sites excluding steroid dienone is 2. The number of piperidine rings is 1. The molecule has 2 aromatic carbocycles. The first-order valence-electron chi connectivity index (χ1n) is 13.7. The van der Waals surface area contributed by atoms with E-state index in [2.05, 4.69) is 33.1 Å². The molecule has 3 aromatic rings. The molecule has 1 aromatic heterocycles. The molecular weight excluding hydrogens is 500 g/mol. The van der Waals surface area contributed by atoms with E-state index in [0.29, 0.717) is 41.8 Å². The maximum Gasteiger partial charge on any atom is 0.230 e. The van der Waals surface area contributed by atoms with Crippen LogP contribution in [0.15, 0.2) is 78.2 Å². The molecule has 0 spiro atoms. The lowest BCUT2D eigenvalue weighted by atomic mass is 9.98. The Hall–Kier alpha value is -4.35. The third-order valence-corrected chi connectivity index (χ3v) is 6.45. The van der Waals surface area contributed by atoms with Crippen LogP contribution >= 0.6 is 0 Å². The van der Waals surface area contributed by atoms with Gasteiger partial charge in [0.05, 0.1) is 42.9 Å². The van der Waals surface area contributed by atoms with E-state index in [-0.39, 0.29) is 6.54 Å². The van der Waals surface area contributed by atoms with E-state index in [1.807, 2.05) is 63.3 Å². The average molecular weight is 539 g/mol. The highest BCUT2D eigenvalue weighted by Crippen LogP contribution is 2.21. The Labute approximate surface area is 237 Å². The number of hydrogen-bond donors (Lipinski definition) is 0. The highest BCUT2D eigenvalue weighted by atomic mass is 16.5. The van der Waals surface area contributed by atoms with Crippen LogP contribution < -0.4 is 4.74 Å². The van der Waals surface area contributed by atoms with Crippen LogP contribution in [0, 0.1) is 17.2 Å². The second-order valence-corrected chi connectivity index (χ2v) is 9.38. The van der Waals surface area contributed by atoms with Crippen molar-refractivity contribution in [1.29, 1.82) is 5.26 Å². The number of nitrogens with zero attached hydrogens (tertiary/aromatic N) is 6. The molecule has 1 fully saturated rings. The van der Waals surface area contributed by atoms with Crippen molar-refractivity contribution < 1.29 is 9.53 Å². The van der Waals surface area contributed by atoms with Crippen LogP contribution in [-0.4, -0.2) is 58.7 Å². The molecule has 2 heterocycles. The molecule has 208 valence electrons. The summed E-state index contributed by atoms with van der Waals surface area (Å²) < 4.78 is 5.94. The number of carbonyl (C=O) groups is 1. The molecular formula is C32H38N6O2. The van der Waals surface area contributed by atoms with Crippen LogP contribution in [-0.2, 0) is 11.3 Å². The molecule has 40 heavy (non-hydrogen) atoms. The maximum atomic E-state index is 11.9. The van der Waals surface area contributed by atoms with Gasteiger partial charge in [-0.25, -0.2) is 15.0 Å². The maximum absolute atomic E-state index is 11.9. The Morgan fingerprint density at radius 3 is 2.55 bits per heavy atom. The van der Waals surface area contributed by atoms with E-state index in [1.165, 1.54) is 5.01 Å². The summed E-state index contributed by atoms with van der Waals surface area (Å²) in [7, 11) is 2.15. The number of amides is 1. The summed E-state index contributed by atoms with van der Waals surface area (Å²) in [6, 6.07) is 17.0. The van der Waals surface area contributed by atoms with E-state index >= 15 is 0 Å². The Kier molecular flexibility index (Phi) is 12.0. The van der Waals surface area contributed by atoms with Gasteiger partial charge in [0, 0.05) is 11.1 Å². The van der Waals surface area contributed by atoms with Gasteiger partial charge in [0.15, 0.2) is 11.6 Å². The standard InChI is InChI=1S/C30H32N6O2.C2H6/c1-3-6-29(26-9-4-7-24(15-26)17-31)34-36(22-37)20-25-8-5-10-27(16-25)30-32-18-28(19-33-30)38-21-23-11-13-35(2)14-12-23;1-2/h3-10,15-16,18-19,22-23H,11-14,20-21H2,1-2H3;1-2H3/b6-3-,34-29+;. The normalized spacial score (nSPS) is 14.2. The van der Waals surface area contributed by atoms with E-state index in [1.54, 1.807) is 30.6 Å². The highest BCUT2D eigenvalue weighted by Gasteiger charge is 2.17. The first-order chi connectivity index (χ1) is 19.6. The lowest BCUT2D eigenvalue weighted by Gasteiger charge is -2.28. The first kappa shape index (κ1) is 30.2. The molecule has 8 nitrogen and oxygen atoms in total. The first-order valence-corrected chi connectivity index (χ1v) is 13.7. The predicted molar refractivity (Wildman–Crippen MR) is 159 cm³/mol. The number of nitriles is 1. The Morgan fingerprint density at radius 1 is 1.15 bits per heavy atom. The van der Waals surface area contributed by atoms with Gasteiger partial charge >= 0.3 is 0 Å². The van der Waals surface area contributed by atoms with Gasteiger partial charge < -0.3 is 9.64 Å². The fourth-order valence-corrected chi connectivity index (χ4v) is 4.31. The van der Waals surface area contributed by atoms with Gasteiger partial charge in [-0.05, 0) is 75.7 Å². The van der Waals surface area contributed by atoms with Gasteiger partial charge in [-0.3, -0.25) is 4.79 Å². The molecule has 4 rings (SSSR count). The molecule has 0 saturated carbocycles. The van der Waals surface area contributed by atoms with Crippen molar-refractivity contribution in [1.82, 2.24) is 19.9 Å². The summed E-state index contributed by atoms with van der Waals surface area (Å²) in [4.78, 5) is 23.2. The number of benzene rings is 2. The van der Waals surface area contributed by atoms with Gasteiger partial charge in [-0.15, -0.1) is 0 Å². The van der Waals surface area contributed by atoms with E-state index < -0.39 is 0 Å². The van der Waals surface area contributed by atoms with Crippen molar-refractivity contribution in [3.63, 3.8) is 0 Å². The number of hydrogen-bond acceptors (Lipinski definition) is 7. The third kappa shape index (κ3) is 8.85. The van der Waals surface area contributed by atoms with Gasteiger partial charge in [0.1, 0.15) is 0 Å². The molecule has 0 aliphatic carbocycles. The van der Waals surface area contributed by atoms with Crippen molar-refractivity contribution in [2.45, 2.75) is 40.2 Å². The Morgan fingerprint density at radius 2 is 1.88 bits per heavy atom. The zero-order valence-corrected chi connectivity index (χ0v) is 23.8. The summed E-state index contributed by atoms with van der Waals surface area (Å²) in [5.74, 6) is 1.82. The van der Waals surface area contributed by atoms with Gasteiger partial charge in [0.2, 0.25) is 6.41 Å². The average Bonchev–Trinajstić information content (AvgIpc) is 3.01. The summed E-state index contributed by atoms with van der Waals surface area (Å²) in [6.07, 6.45) is 10.1. The summed E-state index contributed by atoms with van der Waals surface area (Å²) >= 11 is 0. The Balaban J connectivity index is 0.00000216. The largest absolute Gasteiger partial charge is 0.490 e. The van der Waals surface area contributed by atoms with Crippen LogP contribution in [0.1, 0.15) is 50.3 Å². The zero-order chi connectivity index (χ0) is 28.7. The van der Waals surface area contributed by atoms with Crippen molar-refractivity contribution >= 4 is 12.1 Å². The minimum atomic E-state index is 0.272. The van der Waals surface area contributed by atoms with Gasteiger partial charge in [0.25, 0.3) is 0 Å². The van der Waals surface area contributed by atoms with Crippen molar-refractivity contribution in [2.24, 2.45) is 11.0 Å². The molecule has 0 atom stereocenters. The molecule has 1 aliphatic heterocycles. The summed E-state index contributed by atoms with van der Waals surface area (Å²) in [6.45, 7) is 9.05. The third-order valence-electron chi connectivity index (χ3n) is 6.45. The molecule has 1 aliphatic rings. The number of rotatable bonds is 10. The molecule has 0 unspecified atom stereocenters. The lowest BCUT2D eigenvalue weighted by Crippen LogP contribution is -2.32. The predicted octanol–water partition coefficient (Wildman–Crippen LogP) is 5.70. The van der Waals surface area contributed by atoms with Crippen LogP contribution in [0.4, 0.5) is 0 Å². The quantitative estimate of drug-likeness (QED) is 0.187. The fourth-order valence-electron chi connectivity index (χ4n) is 4.31. The fraction of sp³-hybridized carbons (Fsp3) is 0.344. The van der Waals surface area contributed by atoms with Gasteiger partial charge in [-0.2, -0.15) is 10.4 Å². The van der Waals surface area contributed by atoms with Crippen LogP contribution in [0.2, 0.25) is 0 Å². The smallest absolute Gasteiger partial charge is 0.230 e. The monoisotopic (exact) mass is 538 g/mol. The number of likely N-dealkylation sites (tertiary alicyclic amines) is 1. The van der Waals surface area contributed by atoms with Crippen LogP contribution in [0.5, 0.6) is 5.75 Å². The van der Waals surface area contributed by atoms with Gasteiger partial charge in [-0.1, -0.05) is 50.3 Å². The topological polar surface area (TPSA) is 94.7 Å². The molecule has 0 radical (unpaired) electrons. The van der Waals surface area contributed by atoms with Crippen molar-refractivity contribution in [3.8, 4) is 23.2 Å². The number of carbonyl (C=O) groups excluding carboxylic acids is 1. The van der Waals surface area contributed by atoms with E-state index in [9.17, 15) is 10.1 Å². The molecule has 1 amide bonds. The minimum Gasteiger partial charge on any atom is -0.490 e. The minimum absolute atomic E-state index is 0.272. The molecule has 1 saturated heterocycles.